The number of hydrogen-bond acceptors (Lipinski definition) is 5. The number of hydrogen-bond donors (Lipinski definition) is 1. The first-order chi connectivity index (χ1) is 9.69. The molecular formula is C15H15N3O2. The molecule has 0 saturated carbocycles. The van der Waals surface area contributed by atoms with E-state index in [1.165, 1.54) is 5.56 Å². The van der Waals surface area contributed by atoms with Gasteiger partial charge in [0.25, 0.3) is 0 Å². The van der Waals surface area contributed by atoms with E-state index in [0.29, 0.717) is 17.3 Å². The van der Waals surface area contributed by atoms with Gasteiger partial charge in [-0.15, -0.1) is 0 Å². The Balaban J connectivity index is 2.05. The molecule has 1 aromatic carbocycles. The van der Waals surface area contributed by atoms with Crippen LogP contribution in [-0.2, 0) is 0 Å². The van der Waals surface area contributed by atoms with Gasteiger partial charge in [0.1, 0.15) is 23.1 Å². The van der Waals surface area contributed by atoms with Gasteiger partial charge in [0.05, 0.1) is 7.11 Å². The maximum atomic E-state index is 6.22. The third-order valence-corrected chi connectivity index (χ3v) is 3.18. The minimum atomic E-state index is -0.508. The summed E-state index contributed by atoms with van der Waals surface area (Å²) >= 11 is 0. The molecule has 0 radical (unpaired) electrons. The van der Waals surface area contributed by atoms with Crippen LogP contribution in [0.5, 0.6) is 5.88 Å². The van der Waals surface area contributed by atoms with Crippen LogP contribution in [0.3, 0.4) is 0 Å². The van der Waals surface area contributed by atoms with Gasteiger partial charge in [-0.1, -0.05) is 11.6 Å². The summed E-state index contributed by atoms with van der Waals surface area (Å²) < 4.78 is 11.0. The van der Waals surface area contributed by atoms with Crippen LogP contribution in [0.4, 0.5) is 0 Å². The minimum absolute atomic E-state index is 0.414. The molecule has 5 heteroatoms. The van der Waals surface area contributed by atoms with E-state index in [9.17, 15) is 0 Å². The highest BCUT2D eigenvalue weighted by molar-refractivity contribution is 5.78. The Kier molecular flexibility index (Phi) is 3.12. The standard InChI is InChI=1S/C15H15N3O2/c1-9-3-4-11-10(7-9)8-12(20-11)13(16)14-15(19-2)18-6-5-17-14/h3-8,13H,16H2,1-2H3. The molecule has 5 nitrogen and oxygen atoms in total. The van der Waals surface area contributed by atoms with E-state index in [1.807, 2.05) is 25.1 Å². The lowest BCUT2D eigenvalue weighted by atomic mass is 10.1. The average Bonchev–Trinajstić information content (AvgIpc) is 2.89. The molecule has 20 heavy (non-hydrogen) atoms. The predicted molar refractivity (Wildman–Crippen MR) is 75.6 cm³/mol. The molecule has 3 aromatic rings. The maximum absolute atomic E-state index is 6.22. The lowest BCUT2D eigenvalue weighted by molar-refractivity contribution is 0.383. The fourth-order valence-electron chi connectivity index (χ4n) is 2.18. The molecule has 0 spiro atoms. The van der Waals surface area contributed by atoms with E-state index in [1.54, 1.807) is 19.5 Å². The van der Waals surface area contributed by atoms with Crippen LogP contribution in [0.15, 0.2) is 41.1 Å². The minimum Gasteiger partial charge on any atom is -0.480 e. The smallest absolute Gasteiger partial charge is 0.237 e. The number of nitrogens with zero attached hydrogens (tertiary/aromatic N) is 2. The molecule has 1 atom stereocenters. The SMILES string of the molecule is COc1nccnc1C(N)c1cc2cc(C)ccc2o1. The number of aromatic nitrogens is 2. The Morgan fingerprint density at radius 1 is 1.20 bits per heavy atom. The fourth-order valence-corrected chi connectivity index (χ4v) is 2.18. The summed E-state index contributed by atoms with van der Waals surface area (Å²) in [5.74, 6) is 1.06. The number of nitrogens with two attached hydrogens (primary N) is 1. The molecule has 2 N–H and O–H groups in total. The van der Waals surface area contributed by atoms with Crippen LogP contribution in [0.25, 0.3) is 11.0 Å². The van der Waals surface area contributed by atoms with Gasteiger partial charge in [-0.05, 0) is 25.1 Å². The second kappa shape index (κ2) is 4.94. The topological polar surface area (TPSA) is 74.2 Å². The third-order valence-electron chi connectivity index (χ3n) is 3.18. The largest absolute Gasteiger partial charge is 0.480 e. The van der Waals surface area contributed by atoms with Crippen LogP contribution in [-0.4, -0.2) is 17.1 Å². The second-order valence-electron chi connectivity index (χ2n) is 4.62. The summed E-state index contributed by atoms with van der Waals surface area (Å²) in [5.41, 5.74) is 8.76. The van der Waals surface area contributed by atoms with E-state index in [-0.39, 0.29) is 0 Å². The molecule has 2 heterocycles. The molecule has 0 aliphatic rings. The van der Waals surface area contributed by atoms with E-state index in [4.69, 9.17) is 14.9 Å². The van der Waals surface area contributed by atoms with Crippen LogP contribution in [0.2, 0.25) is 0 Å². The summed E-state index contributed by atoms with van der Waals surface area (Å²) in [6.07, 6.45) is 3.15. The molecule has 0 bridgehead atoms. The molecule has 2 aromatic heterocycles. The highest BCUT2D eigenvalue weighted by Gasteiger charge is 2.20. The zero-order valence-electron chi connectivity index (χ0n) is 11.3. The van der Waals surface area contributed by atoms with Gasteiger partial charge in [-0.3, -0.25) is 4.98 Å². The molecule has 0 saturated heterocycles. The third kappa shape index (κ3) is 2.12. The van der Waals surface area contributed by atoms with Gasteiger partial charge in [-0.2, -0.15) is 0 Å². The van der Waals surface area contributed by atoms with Crippen molar-refractivity contribution in [3.05, 3.63) is 53.7 Å². The van der Waals surface area contributed by atoms with Crippen molar-refractivity contribution in [3.8, 4) is 5.88 Å². The van der Waals surface area contributed by atoms with E-state index < -0.39 is 6.04 Å². The van der Waals surface area contributed by atoms with Crippen molar-refractivity contribution in [2.75, 3.05) is 7.11 Å². The Hall–Kier alpha value is -2.40. The molecule has 0 fully saturated rings. The predicted octanol–water partition coefficient (Wildman–Crippen LogP) is 2.59. The van der Waals surface area contributed by atoms with Gasteiger partial charge in [0.2, 0.25) is 5.88 Å². The summed E-state index contributed by atoms with van der Waals surface area (Å²) in [6.45, 7) is 2.04. The molecule has 0 aliphatic heterocycles. The highest BCUT2D eigenvalue weighted by atomic mass is 16.5. The van der Waals surface area contributed by atoms with E-state index in [0.717, 1.165) is 11.0 Å². The first-order valence-corrected chi connectivity index (χ1v) is 6.29. The Labute approximate surface area is 116 Å². The summed E-state index contributed by atoms with van der Waals surface area (Å²) in [5, 5.41) is 1.03. The second-order valence-corrected chi connectivity index (χ2v) is 4.62. The summed E-state index contributed by atoms with van der Waals surface area (Å²) in [4.78, 5) is 8.35. The number of aryl methyl sites for hydroxylation is 1. The maximum Gasteiger partial charge on any atom is 0.237 e. The van der Waals surface area contributed by atoms with Crippen LogP contribution >= 0.6 is 0 Å². The van der Waals surface area contributed by atoms with Gasteiger partial charge in [-0.25, -0.2) is 4.98 Å². The van der Waals surface area contributed by atoms with Gasteiger partial charge < -0.3 is 14.9 Å². The van der Waals surface area contributed by atoms with Gasteiger partial charge in [0.15, 0.2) is 0 Å². The Morgan fingerprint density at radius 3 is 2.80 bits per heavy atom. The lowest BCUT2D eigenvalue weighted by Gasteiger charge is -2.10. The van der Waals surface area contributed by atoms with Crippen molar-refractivity contribution in [1.82, 2.24) is 9.97 Å². The molecule has 0 amide bonds. The number of benzene rings is 1. The van der Waals surface area contributed by atoms with E-state index >= 15 is 0 Å². The first-order valence-electron chi connectivity index (χ1n) is 6.29. The van der Waals surface area contributed by atoms with Crippen molar-refractivity contribution in [1.29, 1.82) is 0 Å². The Bertz CT molecular complexity index is 752. The number of furan rings is 1. The lowest BCUT2D eigenvalue weighted by Crippen LogP contribution is -2.14. The monoisotopic (exact) mass is 269 g/mol. The number of fused-ring (bicyclic) bond motifs is 1. The van der Waals surface area contributed by atoms with Crippen LogP contribution < -0.4 is 10.5 Å². The van der Waals surface area contributed by atoms with Crippen molar-refractivity contribution in [2.24, 2.45) is 5.73 Å². The molecule has 3 rings (SSSR count). The van der Waals surface area contributed by atoms with Gasteiger partial charge >= 0.3 is 0 Å². The van der Waals surface area contributed by atoms with E-state index in [2.05, 4.69) is 16.0 Å². The van der Waals surface area contributed by atoms with Crippen LogP contribution in [0, 0.1) is 6.92 Å². The van der Waals surface area contributed by atoms with Crippen LogP contribution in [0.1, 0.15) is 23.1 Å². The Morgan fingerprint density at radius 2 is 2.00 bits per heavy atom. The quantitative estimate of drug-likeness (QED) is 0.791. The molecule has 1 unspecified atom stereocenters. The van der Waals surface area contributed by atoms with Crippen molar-refractivity contribution in [3.63, 3.8) is 0 Å². The highest BCUT2D eigenvalue weighted by Crippen LogP contribution is 2.29. The average molecular weight is 269 g/mol. The number of ether oxygens (including phenoxy) is 1. The summed E-state index contributed by atoms with van der Waals surface area (Å²) in [7, 11) is 1.54. The molecule has 102 valence electrons. The first kappa shape index (κ1) is 12.6. The van der Waals surface area contributed by atoms with Gasteiger partial charge in [0, 0.05) is 17.8 Å². The molecule has 0 aliphatic carbocycles. The van der Waals surface area contributed by atoms with Crippen molar-refractivity contribution >= 4 is 11.0 Å². The zero-order valence-corrected chi connectivity index (χ0v) is 11.3. The number of methoxy groups -OCH3 is 1. The van der Waals surface area contributed by atoms with Crippen molar-refractivity contribution < 1.29 is 9.15 Å². The number of rotatable bonds is 3. The zero-order chi connectivity index (χ0) is 14.1. The summed E-state index contributed by atoms with van der Waals surface area (Å²) in [6, 6.07) is 7.43. The molecular weight excluding hydrogens is 254 g/mol. The fraction of sp³-hybridized carbons (Fsp3) is 0.200. The van der Waals surface area contributed by atoms with Crippen molar-refractivity contribution in [2.45, 2.75) is 13.0 Å². The normalized spacial score (nSPS) is 12.6.